The largest absolute Gasteiger partial charge is 0.285 e. The molecule has 0 saturated carbocycles. The molecule has 0 aliphatic heterocycles. The standard InChI is InChI=1S/C8H7N2OS/c11-8(10-9-6-12)7-4-2-1-3-5-7/h1-5H,(H,9,12)(H,10,11). The molecule has 0 saturated heterocycles. The van der Waals surface area contributed by atoms with Crippen molar-refractivity contribution < 1.29 is 4.79 Å². The van der Waals surface area contributed by atoms with Crippen LogP contribution in [0.1, 0.15) is 10.4 Å². The zero-order chi connectivity index (χ0) is 8.81. The summed E-state index contributed by atoms with van der Waals surface area (Å²) in [5.74, 6) is -0.229. The van der Waals surface area contributed by atoms with Crippen LogP contribution in [0.5, 0.6) is 0 Å². The molecule has 0 aliphatic carbocycles. The van der Waals surface area contributed by atoms with Gasteiger partial charge in [-0.25, -0.2) is 0 Å². The average Bonchev–Trinajstić information content (AvgIpc) is 2.15. The van der Waals surface area contributed by atoms with E-state index in [1.54, 1.807) is 24.3 Å². The minimum Gasteiger partial charge on any atom is -0.285 e. The monoisotopic (exact) mass is 179 g/mol. The second-order valence-electron chi connectivity index (χ2n) is 2.05. The molecule has 3 nitrogen and oxygen atoms in total. The third-order valence-corrected chi connectivity index (χ3v) is 1.37. The van der Waals surface area contributed by atoms with Gasteiger partial charge in [0.25, 0.3) is 5.91 Å². The molecule has 0 heterocycles. The van der Waals surface area contributed by atoms with E-state index in [0.29, 0.717) is 5.56 Å². The second-order valence-corrected chi connectivity index (χ2v) is 2.25. The third-order valence-electron chi connectivity index (χ3n) is 1.26. The van der Waals surface area contributed by atoms with Crippen molar-refractivity contribution >= 4 is 23.6 Å². The van der Waals surface area contributed by atoms with E-state index < -0.39 is 0 Å². The molecule has 1 radical (unpaired) electrons. The van der Waals surface area contributed by atoms with Crippen molar-refractivity contribution in [3.8, 4) is 0 Å². The number of benzene rings is 1. The second kappa shape index (κ2) is 4.46. The number of carbonyl (C=O) groups is 1. The van der Waals surface area contributed by atoms with E-state index in [0.717, 1.165) is 0 Å². The molecule has 12 heavy (non-hydrogen) atoms. The Balaban J connectivity index is 2.59. The number of carbonyl (C=O) groups excluding carboxylic acids is 1. The molecule has 0 atom stereocenters. The van der Waals surface area contributed by atoms with Crippen LogP contribution in [-0.4, -0.2) is 11.4 Å². The molecule has 0 aliphatic rings. The predicted octanol–water partition coefficient (Wildman–Crippen LogP) is 0.755. The Morgan fingerprint density at radius 2 is 2.00 bits per heavy atom. The fourth-order valence-electron chi connectivity index (χ4n) is 0.744. The lowest BCUT2D eigenvalue weighted by Gasteiger charge is -2.01. The third kappa shape index (κ3) is 2.32. The van der Waals surface area contributed by atoms with Crippen molar-refractivity contribution in [3.63, 3.8) is 0 Å². The fourth-order valence-corrected chi connectivity index (χ4v) is 0.795. The van der Waals surface area contributed by atoms with Gasteiger partial charge in [0.05, 0.1) is 0 Å². The molecular formula is C8H7N2OS. The summed E-state index contributed by atoms with van der Waals surface area (Å²) in [5.41, 5.74) is 7.40. The van der Waals surface area contributed by atoms with Crippen LogP contribution in [0.15, 0.2) is 30.3 Å². The zero-order valence-electron chi connectivity index (χ0n) is 6.20. The zero-order valence-corrected chi connectivity index (χ0v) is 7.02. The van der Waals surface area contributed by atoms with Crippen molar-refractivity contribution in [1.29, 1.82) is 0 Å². The summed E-state index contributed by atoms with van der Waals surface area (Å²) < 4.78 is 0. The molecule has 4 heteroatoms. The first-order valence-corrected chi connectivity index (χ1v) is 3.73. The molecule has 2 N–H and O–H groups in total. The number of amides is 1. The predicted molar refractivity (Wildman–Crippen MR) is 49.6 cm³/mol. The van der Waals surface area contributed by atoms with Crippen molar-refractivity contribution in [2.24, 2.45) is 0 Å². The van der Waals surface area contributed by atoms with E-state index in [4.69, 9.17) is 0 Å². The maximum absolute atomic E-state index is 11.1. The van der Waals surface area contributed by atoms with Crippen LogP contribution in [0.2, 0.25) is 0 Å². The smallest absolute Gasteiger partial charge is 0.269 e. The van der Waals surface area contributed by atoms with E-state index in [1.807, 2.05) is 6.07 Å². The van der Waals surface area contributed by atoms with Gasteiger partial charge in [0, 0.05) is 5.56 Å². The minimum atomic E-state index is -0.229. The van der Waals surface area contributed by atoms with Crippen LogP contribution >= 0.6 is 12.2 Å². The Labute approximate surface area is 75.8 Å². The summed E-state index contributed by atoms with van der Waals surface area (Å²) in [7, 11) is 0. The van der Waals surface area contributed by atoms with E-state index in [1.165, 1.54) is 0 Å². The van der Waals surface area contributed by atoms with Gasteiger partial charge in [-0.2, -0.15) is 0 Å². The lowest BCUT2D eigenvalue weighted by atomic mass is 10.2. The Morgan fingerprint density at radius 1 is 1.33 bits per heavy atom. The normalized spacial score (nSPS) is 8.67. The van der Waals surface area contributed by atoms with Gasteiger partial charge >= 0.3 is 0 Å². The maximum atomic E-state index is 11.1. The summed E-state index contributed by atoms with van der Waals surface area (Å²) in [4.78, 5) is 11.1. The quantitative estimate of drug-likeness (QED) is 0.409. The topological polar surface area (TPSA) is 41.1 Å². The van der Waals surface area contributed by atoms with E-state index in [9.17, 15) is 4.79 Å². The minimum absolute atomic E-state index is 0.229. The summed E-state index contributed by atoms with van der Waals surface area (Å²) in [6, 6.07) is 8.84. The Hall–Kier alpha value is -1.42. The van der Waals surface area contributed by atoms with Gasteiger partial charge in [-0.05, 0) is 12.1 Å². The Bertz CT molecular complexity index is 274. The van der Waals surface area contributed by atoms with Crippen molar-refractivity contribution in [2.75, 3.05) is 0 Å². The molecule has 1 amide bonds. The van der Waals surface area contributed by atoms with Crippen LogP contribution in [0.3, 0.4) is 0 Å². The van der Waals surface area contributed by atoms with E-state index >= 15 is 0 Å². The Morgan fingerprint density at radius 3 is 2.58 bits per heavy atom. The van der Waals surface area contributed by atoms with Gasteiger partial charge < -0.3 is 0 Å². The maximum Gasteiger partial charge on any atom is 0.269 e. The number of hydrazine groups is 1. The lowest BCUT2D eigenvalue weighted by Crippen LogP contribution is -2.35. The summed E-state index contributed by atoms with van der Waals surface area (Å²) in [6.07, 6.45) is 0. The highest BCUT2D eigenvalue weighted by molar-refractivity contribution is 7.78. The molecule has 0 unspecified atom stereocenters. The van der Waals surface area contributed by atoms with Crippen LogP contribution in [0.25, 0.3) is 0 Å². The summed E-state index contributed by atoms with van der Waals surface area (Å²) in [6.45, 7) is 0. The number of thiocarbonyl (C=S) groups is 1. The highest BCUT2D eigenvalue weighted by Crippen LogP contribution is 1.96. The van der Waals surface area contributed by atoms with Gasteiger partial charge in [0.1, 0.15) is 0 Å². The van der Waals surface area contributed by atoms with Crippen LogP contribution in [-0.2, 0) is 0 Å². The molecule has 1 rings (SSSR count). The average molecular weight is 179 g/mol. The highest BCUT2D eigenvalue weighted by Gasteiger charge is 2.00. The molecular weight excluding hydrogens is 172 g/mol. The molecule has 1 aromatic rings. The number of nitrogens with one attached hydrogen (secondary N) is 2. The molecule has 0 bridgehead atoms. The first-order chi connectivity index (χ1) is 5.84. The van der Waals surface area contributed by atoms with Crippen LogP contribution < -0.4 is 10.9 Å². The molecule has 0 aromatic heterocycles. The molecule has 61 valence electrons. The first kappa shape index (κ1) is 8.67. The fraction of sp³-hybridized carbons (Fsp3) is 0. The highest BCUT2D eigenvalue weighted by atomic mass is 32.1. The SMILES string of the molecule is O=C(NN[C]=S)c1ccccc1. The molecule has 0 fully saturated rings. The van der Waals surface area contributed by atoms with Crippen LogP contribution in [0, 0.1) is 0 Å². The van der Waals surface area contributed by atoms with Gasteiger partial charge in [-0.1, -0.05) is 30.4 Å². The van der Waals surface area contributed by atoms with Gasteiger partial charge in [0.15, 0.2) is 5.49 Å². The van der Waals surface area contributed by atoms with Gasteiger partial charge in [-0.3, -0.25) is 15.6 Å². The van der Waals surface area contributed by atoms with Gasteiger partial charge in [-0.15, -0.1) is 0 Å². The Kier molecular flexibility index (Phi) is 3.22. The molecule has 1 aromatic carbocycles. The van der Waals surface area contributed by atoms with Crippen molar-refractivity contribution in [1.82, 2.24) is 10.9 Å². The number of rotatable bonds is 3. The van der Waals surface area contributed by atoms with Crippen molar-refractivity contribution in [2.45, 2.75) is 0 Å². The van der Waals surface area contributed by atoms with Crippen molar-refractivity contribution in [3.05, 3.63) is 35.9 Å². The van der Waals surface area contributed by atoms with Crippen LogP contribution in [0.4, 0.5) is 0 Å². The van der Waals surface area contributed by atoms with E-state index in [-0.39, 0.29) is 5.91 Å². The molecule has 0 spiro atoms. The lowest BCUT2D eigenvalue weighted by molar-refractivity contribution is 0.0945. The number of hydrogen-bond acceptors (Lipinski definition) is 2. The van der Waals surface area contributed by atoms with E-state index in [2.05, 4.69) is 28.6 Å². The van der Waals surface area contributed by atoms with Gasteiger partial charge in [0.2, 0.25) is 0 Å². The summed E-state index contributed by atoms with van der Waals surface area (Å²) in [5, 5.41) is 0. The first-order valence-electron chi connectivity index (χ1n) is 3.32. The summed E-state index contributed by atoms with van der Waals surface area (Å²) >= 11 is 4.34. The number of hydrogen-bond donors (Lipinski definition) is 2.